The van der Waals surface area contributed by atoms with E-state index in [0.717, 1.165) is 23.3 Å². The van der Waals surface area contributed by atoms with Crippen LogP contribution in [0.25, 0.3) is 0 Å². The van der Waals surface area contributed by atoms with E-state index in [1.165, 1.54) is 25.8 Å². The number of anilines is 1. The lowest BCUT2D eigenvalue weighted by molar-refractivity contribution is 0.321. The van der Waals surface area contributed by atoms with Crippen LogP contribution in [-0.4, -0.2) is 25.6 Å². The van der Waals surface area contributed by atoms with Gasteiger partial charge in [-0.25, -0.2) is 4.98 Å². The highest BCUT2D eigenvalue weighted by Crippen LogP contribution is 2.29. The van der Waals surface area contributed by atoms with Crippen LogP contribution in [0.5, 0.6) is 0 Å². The molecule has 1 aromatic heterocycles. The summed E-state index contributed by atoms with van der Waals surface area (Å²) >= 11 is 1.75. The Labute approximate surface area is 95.5 Å². The fourth-order valence-corrected chi connectivity index (χ4v) is 2.68. The van der Waals surface area contributed by atoms with Crippen LogP contribution >= 0.6 is 11.3 Å². The average molecular weight is 225 g/mol. The van der Waals surface area contributed by atoms with Crippen LogP contribution in [0, 0.1) is 5.92 Å². The molecule has 0 spiro atoms. The molecular weight excluding hydrogens is 206 g/mol. The molecule has 2 rings (SSSR count). The molecule has 0 saturated heterocycles. The van der Waals surface area contributed by atoms with Gasteiger partial charge in [-0.3, -0.25) is 0 Å². The van der Waals surface area contributed by atoms with E-state index in [2.05, 4.69) is 27.6 Å². The first-order chi connectivity index (χ1) is 7.29. The summed E-state index contributed by atoms with van der Waals surface area (Å²) in [5, 5.41) is 6.43. The lowest BCUT2D eigenvalue weighted by Gasteiger charge is -2.29. The molecule has 4 heteroatoms. The Morgan fingerprint density at radius 3 is 3.00 bits per heavy atom. The van der Waals surface area contributed by atoms with Gasteiger partial charge in [-0.2, -0.15) is 0 Å². The van der Waals surface area contributed by atoms with Crippen LogP contribution < -0.4 is 10.2 Å². The van der Waals surface area contributed by atoms with Crippen molar-refractivity contribution in [1.82, 2.24) is 10.3 Å². The Morgan fingerprint density at radius 2 is 2.40 bits per heavy atom. The quantitative estimate of drug-likeness (QED) is 0.832. The van der Waals surface area contributed by atoms with E-state index in [0.29, 0.717) is 0 Å². The molecule has 0 aliphatic heterocycles. The zero-order chi connectivity index (χ0) is 10.7. The SMILES string of the molecule is CNCc1csc(N(C)CC2CCC2)n1. The summed E-state index contributed by atoms with van der Waals surface area (Å²) in [6, 6.07) is 0. The molecule has 1 aliphatic carbocycles. The Balaban J connectivity index is 1.89. The van der Waals surface area contributed by atoms with E-state index >= 15 is 0 Å². The second kappa shape index (κ2) is 4.94. The summed E-state index contributed by atoms with van der Waals surface area (Å²) in [6.07, 6.45) is 4.22. The maximum absolute atomic E-state index is 4.59. The highest BCUT2D eigenvalue weighted by Gasteiger charge is 2.20. The lowest BCUT2D eigenvalue weighted by Crippen LogP contribution is -2.29. The third-order valence-corrected chi connectivity index (χ3v) is 3.98. The van der Waals surface area contributed by atoms with Crippen molar-refractivity contribution in [2.24, 2.45) is 5.92 Å². The fourth-order valence-electron chi connectivity index (χ4n) is 1.87. The summed E-state index contributed by atoms with van der Waals surface area (Å²) in [4.78, 5) is 6.89. The average Bonchev–Trinajstić information content (AvgIpc) is 2.60. The minimum Gasteiger partial charge on any atom is -0.351 e. The monoisotopic (exact) mass is 225 g/mol. The van der Waals surface area contributed by atoms with E-state index in [1.807, 2.05) is 7.05 Å². The number of hydrogen-bond donors (Lipinski definition) is 1. The van der Waals surface area contributed by atoms with Crippen molar-refractivity contribution in [3.8, 4) is 0 Å². The number of rotatable bonds is 5. The fraction of sp³-hybridized carbons (Fsp3) is 0.727. The van der Waals surface area contributed by atoms with Gasteiger partial charge in [0.1, 0.15) is 0 Å². The zero-order valence-corrected chi connectivity index (χ0v) is 10.3. The van der Waals surface area contributed by atoms with Crippen molar-refractivity contribution in [3.63, 3.8) is 0 Å². The molecule has 0 amide bonds. The summed E-state index contributed by atoms with van der Waals surface area (Å²) in [6.45, 7) is 2.04. The predicted molar refractivity (Wildman–Crippen MR) is 65.5 cm³/mol. The summed E-state index contributed by atoms with van der Waals surface area (Å²) in [5.74, 6) is 0.909. The van der Waals surface area contributed by atoms with Gasteiger partial charge in [-0.15, -0.1) is 11.3 Å². The molecule has 0 bridgehead atoms. The van der Waals surface area contributed by atoms with Gasteiger partial charge >= 0.3 is 0 Å². The molecule has 1 saturated carbocycles. The molecule has 0 unspecified atom stereocenters. The largest absolute Gasteiger partial charge is 0.351 e. The zero-order valence-electron chi connectivity index (χ0n) is 9.49. The van der Waals surface area contributed by atoms with E-state index in [4.69, 9.17) is 0 Å². The molecule has 1 fully saturated rings. The predicted octanol–water partition coefficient (Wildman–Crippen LogP) is 2.10. The van der Waals surface area contributed by atoms with Gasteiger partial charge in [0.05, 0.1) is 5.69 Å². The van der Waals surface area contributed by atoms with Crippen molar-refractivity contribution in [2.45, 2.75) is 25.8 Å². The van der Waals surface area contributed by atoms with Gasteiger partial charge in [0.25, 0.3) is 0 Å². The molecule has 1 aliphatic rings. The van der Waals surface area contributed by atoms with Gasteiger partial charge in [0.2, 0.25) is 0 Å². The molecule has 1 heterocycles. The van der Waals surface area contributed by atoms with E-state index < -0.39 is 0 Å². The number of thiazole rings is 1. The Kier molecular flexibility index (Phi) is 3.59. The minimum absolute atomic E-state index is 0.869. The molecule has 3 nitrogen and oxygen atoms in total. The number of nitrogens with one attached hydrogen (secondary N) is 1. The maximum Gasteiger partial charge on any atom is 0.185 e. The van der Waals surface area contributed by atoms with Crippen LogP contribution in [0.3, 0.4) is 0 Å². The molecule has 15 heavy (non-hydrogen) atoms. The smallest absolute Gasteiger partial charge is 0.185 e. The highest BCUT2D eigenvalue weighted by molar-refractivity contribution is 7.13. The molecule has 84 valence electrons. The summed E-state index contributed by atoms with van der Waals surface area (Å²) in [5.41, 5.74) is 1.15. The van der Waals surface area contributed by atoms with Crippen molar-refractivity contribution in [2.75, 3.05) is 25.5 Å². The van der Waals surface area contributed by atoms with Crippen LogP contribution in [-0.2, 0) is 6.54 Å². The van der Waals surface area contributed by atoms with Crippen LogP contribution in [0.4, 0.5) is 5.13 Å². The van der Waals surface area contributed by atoms with Gasteiger partial charge in [0.15, 0.2) is 5.13 Å². The van der Waals surface area contributed by atoms with E-state index in [9.17, 15) is 0 Å². The van der Waals surface area contributed by atoms with Crippen LogP contribution in [0.15, 0.2) is 5.38 Å². The van der Waals surface area contributed by atoms with Gasteiger partial charge < -0.3 is 10.2 Å². The number of aromatic nitrogens is 1. The van der Waals surface area contributed by atoms with E-state index in [-0.39, 0.29) is 0 Å². The second-order valence-electron chi connectivity index (χ2n) is 4.33. The third-order valence-electron chi connectivity index (χ3n) is 2.98. The van der Waals surface area contributed by atoms with Crippen LogP contribution in [0.2, 0.25) is 0 Å². The van der Waals surface area contributed by atoms with Gasteiger partial charge in [-0.1, -0.05) is 6.42 Å². The third kappa shape index (κ3) is 2.69. The Morgan fingerprint density at radius 1 is 1.60 bits per heavy atom. The molecule has 0 radical (unpaired) electrons. The molecule has 1 aromatic rings. The van der Waals surface area contributed by atoms with E-state index in [1.54, 1.807) is 11.3 Å². The number of hydrogen-bond acceptors (Lipinski definition) is 4. The molecule has 0 aromatic carbocycles. The first kappa shape index (κ1) is 10.9. The lowest BCUT2D eigenvalue weighted by atomic mass is 9.85. The Hall–Kier alpha value is -0.610. The van der Waals surface area contributed by atoms with Gasteiger partial charge in [-0.05, 0) is 25.8 Å². The molecule has 1 N–H and O–H groups in total. The van der Waals surface area contributed by atoms with Gasteiger partial charge in [0, 0.05) is 25.5 Å². The first-order valence-corrected chi connectivity index (χ1v) is 6.47. The highest BCUT2D eigenvalue weighted by atomic mass is 32.1. The Bertz CT molecular complexity index is 307. The first-order valence-electron chi connectivity index (χ1n) is 5.59. The van der Waals surface area contributed by atoms with Crippen molar-refractivity contribution in [3.05, 3.63) is 11.1 Å². The molecular formula is C11H19N3S. The van der Waals surface area contributed by atoms with Crippen molar-refractivity contribution < 1.29 is 0 Å². The second-order valence-corrected chi connectivity index (χ2v) is 5.17. The topological polar surface area (TPSA) is 28.2 Å². The summed E-state index contributed by atoms with van der Waals surface area (Å²) in [7, 11) is 4.11. The summed E-state index contributed by atoms with van der Waals surface area (Å²) < 4.78 is 0. The van der Waals surface area contributed by atoms with Crippen molar-refractivity contribution >= 4 is 16.5 Å². The number of nitrogens with zero attached hydrogens (tertiary/aromatic N) is 2. The standard InChI is InChI=1S/C11H19N3S/c1-12-6-10-8-15-11(13-10)14(2)7-9-4-3-5-9/h8-9,12H,3-7H2,1-2H3. The normalized spacial score (nSPS) is 16.4. The molecule has 0 atom stereocenters. The van der Waals surface area contributed by atoms with Crippen LogP contribution in [0.1, 0.15) is 25.0 Å². The van der Waals surface area contributed by atoms with Crippen molar-refractivity contribution in [1.29, 1.82) is 0 Å². The maximum atomic E-state index is 4.59. The minimum atomic E-state index is 0.869.